The van der Waals surface area contributed by atoms with Crippen LogP contribution in [0.5, 0.6) is 0 Å². The number of hydrogen-bond donors (Lipinski definition) is 1. The number of anilines is 1. The van der Waals surface area contributed by atoms with Crippen LogP contribution in [-0.2, 0) is 6.54 Å². The van der Waals surface area contributed by atoms with Gasteiger partial charge in [0.1, 0.15) is 5.82 Å². The Morgan fingerprint density at radius 3 is 2.45 bits per heavy atom. The van der Waals surface area contributed by atoms with Gasteiger partial charge in [-0.25, -0.2) is 4.39 Å². The lowest BCUT2D eigenvalue weighted by atomic mass is 10.1. The van der Waals surface area contributed by atoms with E-state index in [1.165, 1.54) is 18.2 Å². The predicted molar refractivity (Wildman–Crippen MR) is 82.1 cm³/mol. The highest BCUT2D eigenvalue weighted by atomic mass is 79.9. The van der Waals surface area contributed by atoms with Gasteiger partial charge < -0.3 is 5.32 Å². The minimum atomic E-state index is -0.330. The number of benzene rings is 2. The molecule has 1 N–H and O–H groups in total. The van der Waals surface area contributed by atoms with E-state index in [-0.39, 0.29) is 5.82 Å². The molecule has 0 amide bonds. The summed E-state index contributed by atoms with van der Waals surface area (Å²) >= 11 is 3.52. The summed E-state index contributed by atoms with van der Waals surface area (Å²) in [5, 5.41) is 12.3. The fraction of sp³-hybridized carbons (Fsp3) is 0.188. The molecule has 0 aliphatic rings. The highest BCUT2D eigenvalue weighted by Crippen LogP contribution is 2.25. The van der Waals surface area contributed by atoms with Gasteiger partial charge in [0, 0.05) is 16.7 Å². The van der Waals surface area contributed by atoms with Gasteiger partial charge in [0.25, 0.3) is 0 Å². The fourth-order valence-electron chi connectivity index (χ4n) is 2.06. The zero-order chi connectivity index (χ0) is 14.7. The summed E-state index contributed by atoms with van der Waals surface area (Å²) in [6, 6.07) is 10.3. The molecule has 2 aromatic rings. The van der Waals surface area contributed by atoms with Crippen LogP contribution in [0.2, 0.25) is 0 Å². The molecule has 0 unspecified atom stereocenters. The second-order valence-corrected chi connectivity index (χ2v) is 5.48. The van der Waals surface area contributed by atoms with Crippen molar-refractivity contribution in [2.24, 2.45) is 0 Å². The first kappa shape index (κ1) is 14.5. The first-order valence-electron chi connectivity index (χ1n) is 6.20. The molecule has 2 aromatic carbocycles. The number of aryl methyl sites for hydroxylation is 2. The van der Waals surface area contributed by atoms with Crippen LogP contribution in [-0.4, -0.2) is 0 Å². The second-order valence-electron chi connectivity index (χ2n) is 4.69. The van der Waals surface area contributed by atoms with Crippen LogP contribution >= 0.6 is 15.9 Å². The van der Waals surface area contributed by atoms with Gasteiger partial charge in [-0.1, -0.05) is 15.9 Å². The number of nitrogens with zero attached hydrogens (tertiary/aromatic N) is 1. The lowest BCUT2D eigenvalue weighted by Crippen LogP contribution is -2.03. The molecule has 0 saturated carbocycles. The summed E-state index contributed by atoms with van der Waals surface area (Å²) in [6.07, 6.45) is 0. The predicted octanol–water partition coefficient (Wildman–Crippen LogP) is 4.69. The lowest BCUT2D eigenvalue weighted by molar-refractivity contribution is 0.625. The zero-order valence-electron chi connectivity index (χ0n) is 11.3. The van der Waals surface area contributed by atoms with Crippen molar-refractivity contribution in [2.75, 3.05) is 5.32 Å². The second kappa shape index (κ2) is 6.06. The Morgan fingerprint density at radius 2 is 1.85 bits per heavy atom. The van der Waals surface area contributed by atoms with Gasteiger partial charge in [0.2, 0.25) is 0 Å². The molecular weight excluding hydrogens is 319 g/mol. The number of nitriles is 1. The minimum absolute atomic E-state index is 0.330. The van der Waals surface area contributed by atoms with Gasteiger partial charge in [-0.2, -0.15) is 5.26 Å². The molecule has 2 nitrogen and oxygen atoms in total. The molecule has 0 saturated heterocycles. The Balaban J connectivity index is 2.21. The normalized spacial score (nSPS) is 10.2. The molecule has 0 aromatic heterocycles. The fourth-order valence-corrected chi connectivity index (χ4v) is 2.29. The van der Waals surface area contributed by atoms with Gasteiger partial charge in [0.15, 0.2) is 0 Å². The lowest BCUT2D eigenvalue weighted by Gasteiger charge is -2.11. The Hall–Kier alpha value is -1.86. The standard InChI is InChI=1S/C16H14BrFN2/c1-10-5-15(6-11(2)16(10)17)20-9-13-7-14(18)4-3-12(13)8-19/h3-7,20H,9H2,1-2H3. The van der Waals surface area contributed by atoms with Crippen molar-refractivity contribution in [3.63, 3.8) is 0 Å². The highest BCUT2D eigenvalue weighted by molar-refractivity contribution is 9.10. The summed E-state index contributed by atoms with van der Waals surface area (Å²) in [5.74, 6) is -0.330. The average Bonchev–Trinajstić information content (AvgIpc) is 2.42. The van der Waals surface area contributed by atoms with Crippen molar-refractivity contribution in [1.82, 2.24) is 0 Å². The molecule has 0 radical (unpaired) electrons. The summed E-state index contributed by atoms with van der Waals surface area (Å²) in [4.78, 5) is 0. The van der Waals surface area contributed by atoms with E-state index in [1.54, 1.807) is 0 Å². The monoisotopic (exact) mass is 332 g/mol. The molecule has 0 aliphatic carbocycles. The van der Waals surface area contributed by atoms with E-state index in [0.29, 0.717) is 17.7 Å². The van der Waals surface area contributed by atoms with Gasteiger partial charge in [-0.15, -0.1) is 0 Å². The molecule has 102 valence electrons. The van der Waals surface area contributed by atoms with Crippen LogP contribution in [0.1, 0.15) is 22.3 Å². The Morgan fingerprint density at radius 1 is 1.20 bits per heavy atom. The number of rotatable bonds is 3. The SMILES string of the molecule is Cc1cc(NCc2cc(F)ccc2C#N)cc(C)c1Br. The average molecular weight is 333 g/mol. The maximum Gasteiger partial charge on any atom is 0.123 e. The number of hydrogen-bond acceptors (Lipinski definition) is 2. The van der Waals surface area contributed by atoms with Crippen molar-refractivity contribution in [1.29, 1.82) is 5.26 Å². The molecule has 0 atom stereocenters. The van der Waals surface area contributed by atoms with E-state index in [2.05, 4.69) is 27.3 Å². The van der Waals surface area contributed by atoms with Crippen LogP contribution in [0.25, 0.3) is 0 Å². The molecular formula is C16H14BrFN2. The van der Waals surface area contributed by atoms with E-state index in [0.717, 1.165) is 21.3 Å². The summed E-state index contributed by atoms with van der Waals surface area (Å²) in [7, 11) is 0. The van der Waals surface area contributed by atoms with Gasteiger partial charge in [0.05, 0.1) is 11.6 Å². The molecule has 2 rings (SSSR count). The van der Waals surface area contributed by atoms with Crippen molar-refractivity contribution >= 4 is 21.6 Å². The highest BCUT2D eigenvalue weighted by Gasteiger charge is 2.06. The Bertz CT molecular complexity index is 666. The molecule has 0 spiro atoms. The summed E-state index contributed by atoms with van der Waals surface area (Å²) in [5.41, 5.74) is 4.37. The third-order valence-electron chi connectivity index (χ3n) is 3.11. The molecule has 0 bridgehead atoms. The summed E-state index contributed by atoms with van der Waals surface area (Å²) in [6.45, 7) is 4.46. The molecule has 20 heavy (non-hydrogen) atoms. The minimum Gasteiger partial charge on any atom is -0.381 e. The Labute approximate surface area is 126 Å². The maximum absolute atomic E-state index is 13.2. The van der Waals surface area contributed by atoms with Crippen molar-refractivity contribution in [2.45, 2.75) is 20.4 Å². The third kappa shape index (κ3) is 3.17. The van der Waals surface area contributed by atoms with Gasteiger partial charge in [-0.3, -0.25) is 0 Å². The van der Waals surface area contributed by atoms with E-state index >= 15 is 0 Å². The van der Waals surface area contributed by atoms with Crippen molar-refractivity contribution in [3.05, 3.63) is 62.9 Å². The van der Waals surface area contributed by atoms with E-state index in [4.69, 9.17) is 5.26 Å². The third-order valence-corrected chi connectivity index (χ3v) is 4.36. The Kier molecular flexibility index (Phi) is 4.41. The smallest absolute Gasteiger partial charge is 0.123 e. The van der Waals surface area contributed by atoms with Gasteiger partial charge >= 0.3 is 0 Å². The summed E-state index contributed by atoms with van der Waals surface area (Å²) < 4.78 is 14.3. The van der Waals surface area contributed by atoms with E-state index in [9.17, 15) is 4.39 Å². The van der Waals surface area contributed by atoms with E-state index in [1.807, 2.05) is 26.0 Å². The van der Waals surface area contributed by atoms with Gasteiger partial charge in [-0.05, 0) is 60.9 Å². The number of halogens is 2. The maximum atomic E-state index is 13.2. The van der Waals surface area contributed by atoms with Crippen LogP contribution in [0.3, 0.4) is 0 Å². The zero-order valence-corrected chi connectivity index (χ0v) is 12.9. The van der Waals surface area contributed by atoms with Crippen LogP contribution in [0, 0.1) is 31.0 Å². The molecule has 4 heteroatoms. The van der Waals surface area contributed by atoms with Crippen molar-refractivity contribution in [3.8, 4) is 6.07 Å². The van der Waals surface area contributed by atoms with Crippen LogP contribution in [0.15, 0.2) is 34.8 Å². The van der Waals surface area contributed by atoms with Crippen LogP contribution < -0.4 is 5.32 Å². The number of nitrogens with one attached hydrogen (secondary N) is 1. The molecule has 0 aliphatic heterocycles. The van der Waals surface area contributed by atoms with Crippen LogP contribution in [0.4, 0.5) is 10.1 Å². The largest absolute Gasteiger partial charge is 0.381 e. The quantitative estimate of drug-likeness (QED) is 0.885. The first-order chi connectivity index (χ1) is 9.51. The molecule has 0 fully saturated rings. The first-order valence-corrected chi connectivity index (χ1v) is 6.99. The van der Waals surface area contributed by atoms with E-state index < -0.39 is 0 Å². The molecule has 0 heterocycles. The topological polar surface area (TPSA) is 35.8 Å². The van der Waals surface area contributed by atoms with Crippen molar-refractivity contribution < 1.29 is 4.39 Å².